The minimum atomic E-state index is -0.788. The summed E-state index contributed by atoms with van der Waals surface area (Å²) in [4.78, 5) is 26.2. The van der Waals surface area contributed by atoms with E-state index < -0.39 is 5.97 Å². The summed E-state index contributed by atoms with van der Waals surface area (Å²) in [6.45, 7) is 3.85. The number of hydrogen-bond acceptors (Lipinski definition) is 3. The van der Waals surface area contributed by atoms with Crippen LogP contribution in [0.15, 0.2) is 0 Å². The lowest BCUT2D eigenvalue weighted by molar-refractivity contribution is -0.138. The van der Waals surface area contributed by atoms with Crippen molar-refractivity contribution in [1.82, 2.24) is 15.1 Å². The normalized spacial score (nSPS) is 21.1. The van der Waals surface area contributed by atoms with Crippen LogP contribution < -0.4 is 5.32 Å². The second kappa shape index (κ2) is 6.58. The predicted octanol–water partition coefficient (Wildman–Crippen LogP) is 0.443. The van der Waals surface area contributed by atoms with Crippen molar-refractivity contribution in [1.29, 1.82) is 0 Å². The molecule has 0 spiro atoms. The molecule has 0 saturated carbocycles. The van der Waals surface area contributed by atoms with Gasteiger partial charge in [-0.25, -0.2) is 4.79 Å². The quantitative estimate of drug-likeness (QED) is 0.749. The zero-order chi connectivity index (χ0) is 13.7. The molecule has 1 aliphatic rings. The van der Waals surface area contributed by atoms with Crippen LogP contribution in [0.2, 0.25) is 0 Å². The van der Waals surface area contributed by atoms with Gasteiger partial charge in [0.2, 0.25) is 0 Å². The van der Waals surface area contributed by atoms with E-state index in [0.29, 0.717) is 19.6 Å². The molecule has 1 aliphatic heterocycles. The fourth-order valence-corrected chi connectivity index (χ4v) is 1.96. The summed E-state index contributed by atoms with van der Waals surface area (Å²) in [5.74, 6) is -0.692. The van der Waals surface area contributed by atoms with Gasteiger partial charge in [-0.1, -0.05) is 0 Å². The Bertz CT molecular complexity index is 307. The standard InChI is InChI=1S/C12H23N3O3/c1-9(14(2)3)7-13-12(18)15-5-4-10(8-15)6-11(16)17/h9-10H,4-8H2,1-3H3,(H,13,18)(H,16,17). The molecule has 2 atom stereocenters. The molecular formula is C12H23N3O3. The zero-order valence-corrected chi connectivity index (χ0v) is 11.3. The van der Waals surface area contributed by atoms with Crippen LogP contribution in [0.3, 0.4) is 0 Å². The Kier molecular flexibility index (Phi) is 5.40. The number of carbonyl (C=O) groups is 2. The topological polar surface area (TPSA) is 72.9 Å². The summed E-state index contributed by atoms with van der Waals surface area (Å²) >= 11 is 0. The third-order valence-corrected chi connectivity index (χ3v) is 3.47. The molecule has 0 aliphatic carbocycles. The van der Waals surface area contributed by atoms with Gasteiger partial charge >= 0.3 is 12.0 Å². The third-order valence-electron chi connectivity index (χ3n) is 3.47. The van der Waals surface area contributed by atoms with Crippen LogP contribution in [0.25, 0.3) is 0 Å². The van der Waals surface area contributed by atoms with Crippen molar-refractivity contribution >= 4 is 12.0 Å². The van der Waals surface area contributed by atoms with Gasteiger partial charge < -0.3 is 20.2 Å². The van der Waals surface area contributed by atoms with Crippen LogP contribution in [-0.2, 0) is 4.79 Å². The SMILES string of the molecule is CC(CNC(=O)N1CCC(CC(=O)O)C1)N(C)C. The molecule has 18 heavy (non-hydrogen) atoms. The summed E-state index contributed by atoms with van der Waals surface area (Å²) in [5, 5.41) is 11.6. The van der Waals surface area contributed by atoms with Gasteiger partial charge in [-0.05, 0) is 33.4 Å². The van der Waals surface area contributed by atoms with Crippen molar-refractivity contribution in [3.05, 3.63) is 0 Å². The number of rotatable bonds is 5. The van der Waals surface area contributed by atoms with Crippen LogP contribution in [0.5, 0.6) is 0 Å². The molecule has 0 aromatic carbocycles. The molecule has 2 amide bonds. The van der Waals surface area contributed by atoms with Gasteiger partial charge in [0.25, 0.3) is 0 Å². The molecule has 0 bridgehead atoms. The molecule has 6 nitrogen and oxygen atoms in total. The highest BCUT2D eigenvalue weighted by Crippen LogP contribution is 2.19. The second-order valence-electron chi connectivity index (χ2n) is 5.20. The van der Waals surface area contributed by atoms with Crippen LogP contribution in [-0.4, -0.2) is 66.7 Å². The number of hydrogen-bond donors (Lipinski definition) is 2. The van der Waals surface area contributed by atoms with Crippen LogP contribution in [0, 0.1) is 5.92 Å². The maximum absolute atomic E-state index is 11.9. The lowest BCUT2D eigenvalue weighted by Gasteiger charge is -2.22. The molecular weight excluding hydrogens is 234 g/mol. The summed E-state index contributed by atoms with van der Waals surface area (Å²) < 4.78 is 0. The average Bonchev–Trinajstić information content (AvgIpc) is 2.72. The van der Waals surface area contributed by atoms with Crippen molar-refractivity contribution in [3.63, 3.8) is 0 Å². The van der Waals surface area contributed by atoms with Gasteiger partial charge in [-0.15, -0.1) is 0 Å². The van der Waals surface area contributed by atoms with E-state index in [1.807, 2.05) is 25.9 Å². The van der Waals surface area contributed by atoms with E-state index in [1.165, 1.54) is 0 Å². The number of nitrogens with one attached hydrogen (secondary N) is 1. The Balaban J connectivity index is 2.29. The number of likely N-dealkylation sites (N-methyl/N-ethyl adjacent to an activating group) is 1. The van der Waals surface area contributed by atoms with Crippen molar-refractivity contribution in [3.8, 4) is 0 Å². The van der Waals surface area contributed by atoms with Gasteiger partial charge in [0, 0.05) is 32.1 Å². The van der Waals surface area contributed by atoms with Crippen LogP contribution >= 0.6 is 0 Å². The number of carbonyl (C=O) groups excluding carboxylic acids is 1. The fraction of sp³-hybridized carbons (Fsp3) is 0.833. The molecule has 0 aromatic heterocycles. The molecule has 1 fully saturated rings. The fourth-order valence-electron chi connectivity index (χ4n) is 1.96. The smallest absolute Gasteiger partial charge is 0.317 e. The lowest BCUT2D eigenvalue weighted by atomic mass is 10.1. The Morgan fingerprint density at radius 1 is 1.50 bits per heavy atom. The monoisotopic (exact) mass is 257 g/mol. The molecule has 1 saturated heterocycles. The van der Waals surface area contributed by atoms with Crippen molar-refractivity contribution < 1.29 is 14.7 Å². The summed E-state index contributed by atoms with van der Waals surface area (Å²) in [6, 6.07) is 0.197. The lowest BCUT2D eigenvalue weighted by Crippen LogP contribution is -2.44. The third kappa shape index (κ3) is 4.52. The molecule has 1 heterocycles. The highest BCUT2D eigenvalue weighted by atomic mass is 16.4. The molecule has 2 N–H and O–H groups in total. The summed E-state index contributed by atoms with van der Waals surface area (Å²) in [5.41, 5.74) is 0. The largest absolute Gasteiger partial charge is 0.481 e. The van der Waals surface area contributed by atoms with E-state index in [2.05, 4.69) is 5.32 Å². The Morgan fingerprint density at radius 3 is 2.72 bits per heavy atom. The molecule has 2 unspecified atom stereocenters. The van der Waals surface area contributed by atoms with Crippen LogP contribution in [0.4, 0.5) is 4.79 Å². The van der Waals surface area contributed by atoms with Crippen molar-refractivity contribution in [2.75, 3.05) is 33.7 Å². The molecule has 0 aromatic rings. The maximum Gasteiger partial charge on any atom is 0.317 e. The average molecular weight is 257 g/mol. The van der Waals surface area contributed by atoms with Gasteiger partial charge in [0.05, 0.1) is 0 Å². The number of urea groups is 1. The molecule has 1 rings (SSSR count). The van der Waals surface area contributed by atoms with E-state index in [9.17, 15) is 9.59 Å². The van der Waals surface area contributed by atoms with Crippen molar-refractivity contribution in [2.24, 2.45) is 5.92 Å². The van der Waals surface area contributed by atoms with E-state index in [0.717, 1.165) is 6.42 Å². The second-order valence-corrected chi connectivity index (χ2v) is 5.20. The summed E-state index contributed by atoms with van der Waals surface area (Å²) in [7, 11) is 3.94. The molecule has 0 radical (unpaired) electrons. The Hall–Kier alpha value is -1.30. The number of likely N-dealkylation sites (tertiary alicyclic amines) is 1. The summed E-state index contributed by atoms with van der Waals surface area (Å²) in [6.07, 6.45) is 0.931. The molecule has 6 heteroatoms. The first kappa shape index (κ1) is 14.8. The van der Waals surface area contributed by atoms with Crippen molar-refractivity contribution in [2.45, 2.75) is 25.8 Å². The number of carboxylic acid groups (broad SMARTS) is 1. The first-order valence-corrected chi connectivity index (χ1v) is 6.31. The zero-order valence-electron chi connectivity index (χ0n) is 11.3. The van der Waals surface area contributed by atoms with Gasteiger partial charge in [0.15, 0.2) is 0 Å². The number of aliphatic carboxylic acids is 1. The first-order chi connectivity index (χ1) is 8.40. The Labute approximate surface area is 108 Å². The maximum atomic E-state index is 11.9. The van der Waals surface area contributed by atoms with E-state index in [-0.39, 0.29) is 24.4 Å². The first-order valence-electron chi connectivity index (χ1n) is 6.31. The number of amides is 2. The highest BCUT2D eigenvalue weighted by molar-refractivity contribution is 5.74. The highest BCUT2D eigenvalue weighted by Gasteiger charge is 2.27. The van der Waals surface area contributed by atoms with E-state index in [1.54, 1.807) is 4.90 Å². The van der Waals surface area contributed by atoms with E-state index >= 15 is 0 Å². The minimum absolute atomic E-state index is 0.0865. The minimum Gasteiger partial charge on any atom is -0.481 e. The predicted molar refractivity (Wildman–Crippen MR) is 68.5 cm³/mol. The van der Waals surface area contributed by atoms with E-state index in [4.69, 9.17) is 5.11 Å². The van der Waals surface area contributed by atoms with Gasteiger partial charge in [0.1, 0.15) is 0 Å². The molecule has 104 valence electrons. The number of nitrogens with zero attached hydrogens (tertiary/aromatic N) is 2. The Morgan fingerprint density at radius 2 is 2.17 bits per heavy atom. The van der Waals surface area contributed by atoms with Gasteiger partial charge in [-0.3, -0.25) is 4.79 Å². The van der Waals surface area contributed by atoms with Crippen LogP contribution in [0.1, 0.15) is 19.8 Å². The van der Waals surface area contributed by atoms with Gasteiger partial charge in [-0.2, -0.15) is 0 Å². The number of carboxylic acids is 1.